The van der Waals surface area contributed by atoms with Crippen molar-refractivity contribution in [2.75, 3.05) is 0 Å². The molecular formula is C23H22N2O2S. The normalized spacial score (nSPS) is 18.6. The van der Waals surface area contributed by atoms with Crippen LogP contribution in [-0.4, -0.2) is 13.4 Å². The van der Waals surface area contributed by atoms with Crippen molar-refractivity contribution >= 4 is 21.7 Å². The van der Waals surface area contributed by atoms with Crippen molar-refractivity contribution in [3.8, 4) is 0 Å². The summed E-state index contributed by atoms with van der Waals surface area (Å²) in [5, 5.41) is 0. The Balaban J connectivity index is 1.93. The molecule has 0 amide bonds. The molecule has 0 bridgehead atoms. The molecule has 3 aromatic rings. The zero-order chi connectivity index (χ0) is 19.9. The Kier molecular flexibility index (Phi) is 4.44. The highest BCUT2D eigenvalue weighted by molar-refractivity contribution is 7.89. The zero-order valence-corrected chi connectivity index (χ0v) is 16.9. The molecule has 0 saturated heterocycles. The molecule has 0 saturated carbocycles. The van der Waals surface area contributed by atoms with Crippen molar-refractivity contribution in [1.29, 1.82) is 0 Å². The van der Waals surface area contributed by atoms with Gasteiger partial charge >= 0.3 is 0 Å². The van der Waals surface area contributed by atoms with E-state index in [9.17, 15) is 8.42 Å². The van der Waals surface area contributed by atoms with Crippen LogP contribution in [-0.2, 0) is 15.6 Å². The number of allylic oxidation sites excluding steroid dienone is 1. The number of rotatable bonds is 3. The van der Waals surface area contributed by atoms with E-state index in [1.54, 1.807) is 36.7 Å². The Morgan fingerprint density at radius 2 is 1.64 bits per heavy atom. The molecule has 1 heterocycles. The van der Waals surface area contributed by atoms with E-state index in [1.165, 1.54) is 0 Å². The number of aryl methyl sites for hydroxylation is 1. The molecule has 5 heteroatoms. The van der Waals surface area contributed by atoms with Gasteiger partial charge in [0.05, 0.1) is 10.4 Å². The maximum Gasteiger partial charge on any atom is 0.241 e. The van der Waals surface area contributed by atoms with Gasteiger partial charge in [-0.25, -0.2) is 8.42 Å². The Hall–Kier alpha value is -2.76. The zero-order valence-electron chi connectivity index (χ0n) is 16.1. The summed E-state index contributed by atoms with van der Waals surface area (Å²) in [6.07, 6.45) is 5.56. The number of pyridine rings is 1. The lowest BCUT2D eigenvalue weighted by Crippen LogP contribution is -2.45. The van der Waals surface area contributed by atoms with Gasteiger partial charge in [-0.2, -0.15) is 4.72 Å². The third kappa shape index (κ3) is 3.07. The largest absolute Gasteiger partial charge is 0.264 e. The van der Waals surface area contributed by atoms with Crippen LogP contribution in [0.1, 0.15) is 41.7 Å². The number of hydrogen-bond donors (Lipinski definition) is 1. The van der Waals surface area contributed by atoms with E-state index in [2.05, 4.69) is 15.8 Å². The fraction of sp³-hybridized carbons (Fsp3) is 0.174. The molecule has 28 heavy (non-hydrogen) atoms. The second kappa shape index (κ2) is 6.69. The van der Waals surface area contributed by atoms with E-state index in [1.807, 2.05) is 51.1 Å². The molecule has 0 radical (unpaired) electrons. The van der Waals surface area contributed by atoms with Crippen LogP contribution < -0.4 is 4.72 Å². The van der Waals surface area contributed by atoms with Crippen molar-refractivity contribution < 1.29 is 8.42 Å². The minimum absolute atomic E-state index is 0.246. The van der Waals surface area contributed by atoms with Crippen LogP contribution in [0.2, 0.25) is 0 Å². The molecule has 4 rings (SSSR count). The molecule has 1 aromatic heterocycles. The number of sulfonamides is 1. The number of hydrogen-bond acceptors (Lipinski definition) is 3. The number of fused-ring (bicyclic) bond motifs is 2. The van der Waals surface area contributed by atoms with E-state index < -0.39 is 15.6 Å². The Labute approximate surface area is 166 Å². The van der Waals surface area contributed by atoms with E-state index in [-0.39, 0.29) is 4.90 Å². The first-order valence-corrected chi connectivity index (χ1v) is 10.6. The van der Waals surface area contributed by atoms with Crippen molar-refractivity contribution in [2.45, 2.75) is 31.2 Å². The van der Waals surface area contributed by atoms with Crippen LogP contribution in [0.4, 0.5) is 0 Å². The molecule has 2 aromatic carbocycles. The average molecular weight is 391 g/mol. The van der Waals surface area contributed by atoms with E-state index in [0.717, 1.165) is 33.4 Å². The summed E-state index contributed by atoms with van der Waals surface area (Å²) in [5.74, 6) is 0. The molecular weight excluding hydrogens is 368 g/mol. The monoisotopic (exact) mass is 390 g/mol. The van der Waals surface area contributed by atoms with Crippen molar-refractivity contribution in [1.82, 2.24) is 9.71 Å². The number of benzene rings is 2. The fourth-order valence-electron chi connectivity index (χ4n) is 3.82. The maximum absolute atomic E-state index is 13.3. The van der Waals surface area contributed by atoms with E-state index in [0.29, 0.717) is 0 Å². The molecule has 1 aliphatic rings. The number of nitrogens with one attached hydrogen (secondary N) is 1. The molecule has 1 aliphatic carbocycles. The van der Waals surface area contributed by atoms with Crippen LogP contribution in [0.15, 0.2) is 71.9 Å². The van der Waals surface area contributed by atoms with Gasteiger partial charge in [0.1, 0.15) is 0 Å². The molecule has 4 nitrogen and oxygen atoms in total. The Morgan fingerprint density at radius 3 is 2.39 bits per heavy atom. The minimum Gasteiger partial charge on any atom is -0.264 e. The first-order valence-electron chi connectivity index (χ1n) is 9.14. The summed E-state index contributed by atoms with van der Waals surface area (Å²) in [4.78, 5) is 4.53. The molecule has 142 valence electrons. The van der Waals surface area contributed by atoms with Crippen molar-refractivity contribution in [3.05, 3.63) is 94.8 Å². The Morgan fingerprint density at radius 1 is 0.929 bits per heavy atom. The van der Waals surface area contributed by atoms with Gasteiger partial charge in [0.25, 0.3) is 0 Å². The van der Waals surface area contributed by atoms with Crippen LogP contribution in [0.25, 0.3) is 11.6 Å². The second-order valence-corrected chi connectivity index (χ2v) is 9.06. The van der Waals surface area contributed by atoms with Gasteiger partial charge in [-0.1, -0.05) is 48.0 Å². The quantitative estimate of drug-likeness (QED) is 0.716. The van der Waals surface area contributed by atoms with Gasteiger partial charge in [0.2, 0.25) is 10.0 Å². The molecule has 0 fully saturated rings. The highest BCUT2D eigenvalue weighted by Gasteiger charge is 2.38. The van der Waals surface area contributed by atoms with Gasteiger partial charge in [-0.05, 0) is 61.2 Å². The summed E-state index contributed by atoms with van der Waals surface area (Å²) in [5.41, 5.74) is 4.85. The Bertz CT molecular complexity index is 1180. The molecule has 1 N–H and O–H groups in total. The number of nitrogens with zero attached hydrogens (tertiary/aromatic N) is 1. The van der Waals surface area contributed by atoms with Gasteiger partial charge in [-0.3, -0.25) is 4.98 Å². The van der Waals surface area contributed by atoms with Crippen molar-refractivity contribution in [2.24, 2.45) is 0 Å². The summed E-state index contributed by atoms with van der Waals surface area (Å²) in [6, 6.07) is 16.7. The fourth-order valence-corrected chi connectivity index (χ4v) is 5.19. The summed E-state index contributed by atoms with van der Waals surface area (Å²) < 4.78 is 29.5. The third-order valence-corrected chi connectivity index (χ3v) is 6.90. The highest BCUT2D eigenvalue weighted by Crippen LogP contribution is 2.40. The molecule has 0 spiro atoms. The standard InChI is InChI=1S/C23H22N2O2S/c1-16-8-10-19(11-9-16)28(26,27)25-23(3)21-7-5-4-6-20(21)17(2)14-18-12-13-24-15-22(18)23/h4-15,25H,1-3H3. The lowest BCUT2D eigenvalue weighted by atomic mass is 9.83. The van der Waals surface area contributed by atoms with Gasteiger partial charge in [-0.15, -0.1) is 0 Å². The topological polar surface area (TPSA) is 59.1 Å². The SMILES string of the molecule is CC1=Cc2ccncc2C(C)(NS(=O)(=O)c2ccc(C)cc2)c2ccccc21. The van der Waals surface area contributed by atoms with Gasteiger partial charge in [0, 0.05) is 18.0 Å². The summed E-state index contributed by atoms with van der Waals surface area (Å²) in [6.45, 7) is 5.89. The highest BCUT2D eigenvalue weighted by atomic mass is 32.2. The molecule has 1 unspecified atom stereocenters. The maximum atomic E-state index is 13.3. The first-order chi connectivity index (χ1) is 13.3. The lowest BCUT2D eigenvalue weighted by Gasteiger charge is -2.33. The molecule has 1 atom stereocenters. The van der Waals surface area contributed by atoms with Crippen LogP contribution in [0.5, 0.6) is 0 Å². The van der Waals surface area contributed by atoms with Crippen LogP contribution >= 0.6 is 0 Å². The lowest BCUT2D eigenvalue weighted by molar-refractivity contribution is 0.501. The number of aromatic nitrogens is 1. The first kappa shape index (κ1) is 18.6. The van der Waals surface area contributed by atoms with Gasteiger partial charge in [0.15, 0.2) is 0 Å². The van der Waals surface area contributed by atoms with E-state index in [4.69, 9.17) is 0 Å². The third-order valence-electron chi connectivity index (χ3n) is 5.33. The average Bonchev–Trinajstić information content (AvgIpc) is 2.76. The van der Waals surface area contributed by atoms with Crippen LogP contribution in [0, 0.1) is 6.92 Å². The summed E-state index contributed by atoms with van der Waals surface area (Å²) >= 11 is 0. The minimum atomic E-state index is -3.76. The van der Waals surface area contributed by atoms with Crippen LogP contribution in [0.3, 0.4) is 0 Å². The van der Waals surface area contributed by atoms with Crippen molar-refractivity contribution in [3.63, 3.8) is 0 Å². The van der Waals surface area contributed by atoms with Gasteiger partial charge < -0.3 is 0 Å². The smallest absolute Gasteiger partial charge is 0.241 e. The second-order valence-electron chi connectivity index (χ2n) is 7.38. The van der Waals surface area contributed by atoms with E-state index >= 15 is 0 Å². The predicted molar refractivity (Wildman–Crippen MR) is 112 cm³/mol. The predicted octanol–water partition coefficient (Wildman–Crippen LogP) is 4.51. The molecule has 0 aliphatic heterocycles. The summed E-state index contributed by atoms with van der Waals surface area (Å²) in [7, 11) is -3.76.